The summed E-state index contributed by atoms with van der Waals surface area (Å²) in [5.74, 6) is 1.75. The molecule has 1 aliphatic heterocycles. The predicted molar refractivity (Wildman–Crippen MR) is 82.2 cm³/mol. The Hall–Kier alpha value is -2.21. The average Bonchev–Trinajstić information content (AvgIpc) is 3.14. The van der Waals surface area contributed by atoms with Crippen molar-refractivity contribution in [1.29, 1.82) is 0 Å². The first-order chi connectivity index (χ1) is 10.3. The lowest BCUT2D eigenvalue weighted by Crippen LogP contribution is -2.17. The maximum atomic E-state index is 12.4. The van der Waals surface area contributed by atoms with E-state index in [0.29, 0.717) is 5.65 Å². The number of ether oxygens (including phenoxy) is 1. The molecule has 0 bridgehead atoms. The quantitative estimate of drug-likeness (QED) is 0.789. The Labute approximate surface area is 125 Å². The lowest BCUT2D eigenvalue weighted by Gasteiger charge is -2.01. The summed E-state index contributed by atoms with van der Waals surface area (Å²) in [5, 5.41) is 3.13. The summed E-state index contributed by atoms with van der Waals surface area (Å²) in [6, 6.07) is 9.61. The number of aromatic nitrogens is 3. The Bertz CT molecular complexity index is 880. The highest BCUT2D eigenvalue weighted by atomic mass is 32.2. The summed E-state index contributed by atoms with van der Waals surface area (Å²) >= 11 is 1.59. The van der Waals surface area contributed by atoms with Crippen molar-refractivity contribution < 1.29 is 4.74 Å². The maximum Gasteiger partial charge on any atom is 0.286 e. The molecule has 4 rings (SSSR count). The number of fused-ring (bicyclic) bond motifs is 2. The van der Waals surface area contributed by atoms with E-state index in [-0.39, 0.29) is 5.56 Å². The summed E-state index contributed by atoms with van der Waals surface area (Å²) in [7, 11) is 1.64. The van der Waals surface area contributed by atoms with Gasteiger partial charge in [-0.3, -0.25) is 9.89 Å². The minimum absolute atomic E-state index is 0.00254. The van der Waals surface area contributed by atoms with Gasteiger partial charge in [-0.15, -0.1) is 11.8 Å². The van der Waals surface area contributed by atoms with Gasteiger partial charge in [0.2, 0.25) is 0 Å². The summed E-state index contributed by atoms with van der Waals surface area (Å²) < 4.78 is 6.68. The molecule has 2 aromatic heterocycles. The summed E-state index contributed by atoms with van der Waals surface area (Å²) in [4.78, 5) is 17.8. The molecule has 1 aliphatic rings. The SMILES string of the molecule is COc1ccc(-c2cc3nc4c(c(=O)n3[nH]2)SCC4)cc1. The number of aromatic amines is 1. The highest BCUT2D eigenvalue weighted by molar-refractivity contribution is 7.99. The van der Waals surface area contributed by atoms with Crippen LogP contribution in [0.2, 0.25) is 0 Å². The maximum absolute atomic E-state index is 12.4. The normalized spacial score (nSPS) is 13.6. The van der Waals surface area contributed by atoms with Crippen LogP contribution in [0.3, 0.4) is 0 Å². The molecule has 0 atom stereocenters. The fourth-order valence-electron chi connectivity index (χ4n) is 2.54. The van der Waals surface area contributed by atoms with Gasteiger partial charge in [-0.2, -0.15) is 0 Å². The van der Waals surface area contributed by atoms with Crippen LogP contribution in [0.25, 0.3) is 16.9 Å². The Morgan fingerprint density at radius 3 is 2.90 bits per heavy atom. The topological polar surface area (TPSA) is 59.4 Å². The molecule has 0 fully saturated rings. The van der Waals surface area contributed by atoms with Gasteiger partial charge in [0.25, 0.3) is 5.56 Å². The molecule has 0 saturated carbocycles. The number of H-pyrrole nitrogens is 1. The van der Waals surface area contributed by atoms with Crippen LogP contribution >= 0.6 is 11.8 Å². The number of hydrogen-bond donors (Lipinski definition) is 1. The summed E-state index contributed by atoms with van der Waals surface area (Å²) in [5.41, 5.74) is 3.46. The van der Waals surface area contributed by atoms with Crippen LogP contribution in [0.4, 0.5) is 0 Å². The van der Waals surface area contributed by atoms with Gasteiger partial charge in [0.05, 0.1) is 23.4 Å². The molecule has 1 N–H and O–H groups in total. The van der Waals surface area contributed by atoms with E-state index in [1.165, 1.54) is 4.52 Å². The Kier molecular flexibility index (Phi) is 2.78. The second-order valence-electron chi connectivity index (χ2n) is 4.88. The van der Waals surface area contributed by atoms with Gasteiger partial charge >= 0.3 is 0 Å². The zero-order valence-electron chi connectivity index (χ0n) is 11.4. The van der Waals surface area contributed by atoms with Gasteiger partial charge in [0.15, 0.2) is 5.65 Å². The molecule has 0 spiro atoms. The molecule has 5 nitrogen and oxygen atoms in total. The highest BCUT2D eigenvalue weighted by Crippen LogP contribution is 2.28. The van der Waals surface area contributed by atoms with E-state index in [1.54, 1.807) is 18.9 Å². The van der Waals surface area contributed by atoms with E-state index in [2.05, 4.69) is 10.1 Å². The van der Waals surface area contributed by atoms with E-state index >= 15 is 0 Å². The molecule has 0 saturated heterocycles. The van der Waals surface area contributed by atoms with Crippen molar-refractivity contribution in [2.24, 2.45) is 0 Å². The molecule has 3 aromatic rings. The van der Waals surface area contributed by atoms with E-state index in [0.717, 1.165) is 39.8 Å². The minimum Gasteiger partial charge on any atom is -0.497 e. The lowest BCUT2D eigenvalue weighted by atomic mass is 10.1. The zero-order valence-corrected chi connectivity index (χ0v) is 12.2. The molecule has 0 amide bonds. The average molecular weight is 299 g/mol. The van der Waals surface area contributed by atoms with E-state index in [4.69, 9.17) is 4.74 Å². The first-order valence-electron chi connectivity index (χ1n) is 6.68. The summed E-state index contributed by atoms with van der Waals surface area (Å²) in [6.07, 6.45) is 0.870. The minimum atomic E-state index is -0.00254. The van der Waals surface area contributed by atoms with Crippen LogP contribution in [0.15, 0.2) is 40.0 Å². The molecule has 3 heterocycles. The number of methoxy groups -OCH3 is 1. The number of aryl methyl sites for hydroxylation is 1. The standard InChI is InChI=1S/C15H13N3O2S/c1-20-10-4-2-9(3-5-10)12-8-13-16-11-6-7-21-14(11)15(19)18(13)17-12/h2-5,8,17H,6-7H2,1H3. The number of benzene rings is 1. The van der Waals surface area contributed by atoms with Crippen LogP contribution in [-0.4, -0.2) is 27.5 Å². The van der Waals surface area contributed by atoms with Gasteiger partial charge in [0.1, 0.15) is 5.75 Å². The largest absolute Gasteiger partial charge is 0.497 e. The number of thioether (sulfide) groups is 1. The molecule has 6 heteroatoms. The second-order valence-corrected chi connectivity index (χ2v) is 5.99. The van der Waals surface area contributed by atoms with E-state index in [9.17, 15) is 4.79 Å². The first kappa shape index (κ1) is 12.5. The number of nitrogens with zero attached hydrogens (tertiary/aromatic N) is 2. The van der Waals surface area contributed by atoms with Crippen molar-refractivity contribution in [2.45, 2.75) is 11.3 Å². The van der Waals surface area contributed by atoms with Crippen molar-refractivity contribution in [3.8, 4) is 17.0 Å². The van der Waals surface area contributed by atoms with Gasteiger partial charge in [0, 0.05) is 18.2 Å². The third-order valence-electron chi connectivity index (χ3n) is 3.63. The fourth-order valence-corrected chi connectivity index (χ4v) is 3.57. The Morgan fingerprint density at radius 1 is 1.33 bits per heavy atom. The number of rotatable bonds is 2. The van der Waals surface area contributed by atoms with Gasteiger partial charge in [-0.05, 0) is 29.8 Å². The van der Waals surface area contributed by atoms with Gasteiger partial charge in [-0.25, -0.2) is 9.50 Å². The smallest absolute Gasteiger partial charge is 0.286 e. The molecular weight excluding hydrogens is 286 g/mol. The highest BCUT2D eigenvalue weighted by Gasteiger charge is 2.20. The third kappa shape index (κ3) is 1.94. The van der Waals surface area contributed by atoms with Crippen molar-refractivity contribution in [3.63, 3.8) is 0 Å². The molecule has 106 valence electrons. The van der Waals surface area contributed by atoms with Crippen molar-refractivity contribution in [3.05, 3.63) is 46.4 Å². The van der Waals surface area contributed by atoms with Crippen LogP contribution in [0.1, 0.15) is 5.69 Å². The molecular formula is C15H13N3O2S. The van der Waals surface area contributed by atoms with Crippen molar-refractivity contribution >= 4 is 17.4 Å². The molecule has 0 unspecified atom stereocenters. The van der Waals surface area contributed by atoms with Crippen molar-refractivity contribution in [1.82, 2.24) is 14.6 Å². The van der Waals surface area contributed by atoms with Gasteiger partial charge in [-0.1, -0.05) is 0 Å². The summed E-state index contributed by atoms with van der Waals surface area (Å²) in [6.45, 7) is 0. The van der Waals surface area contributed by atoms with Crippen LogP contribution in [0, 0.1) is 0 Å². The van der Waals surface area contributed by atoms with Crippen LogP contribution < -0.4 is 10.3 Å². The molecule has 21 heavy (non-hydrogen) atoms. The Morgan fingerprint density at radius 2 is 2.14 bits per heavy atom. The fraction of sp³-hybridized carbons (Fsp3) is 0.200. The van der Waals surface area contributed by atoms with Crippen molar-refractivity contribution in [2.75, 3.05) is 12.9 Å². The third-order valence-corrected chi connectivity index (χ3v) is 4.74. The van der Waals surface area contributed by atoms with Crippen LogP contribution in [-0.2, 0) is 6.42 Å². The van der Waals surface area contributed by atoms with E-state index < -0.39 is 0 Å². The second kappa shape index (κ2) is 4.66. The first-order valence-corrected chi connectivity index (χ1v) is 7.67. The molecule has 0 aliphatic carbocycles. The molecule has 0 radical (unpaired) electrons. The number of hydrogen-bond acceptors (Lipinski definition) is 4. The van der Waals surface area contributed by atoms with Crippen LogP contribution in [0.5, 0.6) is 5.75 Å². The predicted octanol–water partition coefficient (Wildman–Crippen LogP) is 2.35. The Balaban J connectivity index is 1.87. The molecule has 1 aromatic carbocycles. The lowest BCUT2D eigenvalue weighted by molar-refractivity contribution is 0.415. The number of nitrogens with one attached hydrogen (secondary N) is 1. The van der Waals surface area contributed by atoms with Gasteiger partial charge < -0.3 is 4.74 Å². The monoisotopic (exact) mass is 299 g/mol. The van der Waals surface area contributed by atoms with E-state index in [1.807, 2.05) is 30.3 Å². The zero-order chi connectivity index (χ0) is 14.4.